The van der Waals surface area contributed by atoms with Crippen molar-refractivity contribution in [2.75, 3.05) is 13.1 Å². The first-order chi connectivity index (χ1) is 11.0. The standard InChI is InChI=1S/C16H20ClN3O3/c1-10-14(11(2)23-20-10)7-8-18-16(22)19-9-15(21)12-3-5-13(17)6-4-12/h3-6,15,21H,7-9H2,1-2H3,(H2,18,19,22). The van der Waals surface area contributed by atoms with Crippen LogP contribution in [-0.4, -0.2) is 29.4 Å². The lowest BCUT2D eigenvalue weighted by Crippen LogP contribution is -2.38. The third-order valence-corrected chi connectivity index (χ3v) is 3.80. The van der Waals surface area contributed by atoms with E-state index in [-0.39, 0.29) is 12.6 Å². The number of aliphatic hydroxyl groups is 1. The van der Waals surface area contributed by atoms with Crippen LogP contribution in [0.2, 0.25) is 5.02 Å². The summed E-state index contributed by atoms with van der Waals surface area (Å²) in [5.41, 5.74) is 2.54. The molecule has 0 spiro atoms. The number of amides is 2. The van der Waals surface area contributed by atoms with E-state index >= 15 is 0 Å². The molecule has 124 valence electrons. The Morgan fingerprint density at radius 3 is 2.61 bits per heavy atom. The first-order valence-corrected chi connectivity index (χ1v) is 7.72. The fourth-order valence-corrected chi connectivity index (χ4v) is 2.34. The number of hydrogen-bond acceptors (Lipinski definition) is 4. The van der Waals surface area contributed by atoms with Gasteiger partial charge >= 0.3 is 6.03 Å². The van der Waals surface area contributed by atoms with E-state index in [1.807, 2.05) is 13.8 Å². The van der Waals surface area contributed by atoms with Gasteiger partial charge in [-0.1, -0.05) is 28.9 Å². The Hall–Kier alpha value is -2.05. The Morgan fingerprint density at radius 1 is 1.30 bits per heavy atom. The first-order valence-electron chi connectivity index (χ1n) is 7.34. The lowest BCUT2D eigenvalue weighted by atomic mass is 10.1. The van der Waals surface area contributed by atoms with Gasteiger partial charge in [-0.05, 0) is 38.0 Å². The number of aromatic nitrogens is 1. The zero-order valence-electron chi connectivity index (χ0n) is 13.1. The topological polar surface area (TPSA) is 87.4 Å². The lowest BCUT2D eigenvalue weighted by molar-refractivity contribution is 0.173. The van der Waals surface area contributed by atoms with Crippen molar-refractivity contribution < 1.29 is 14.4 Å². The summed E-state index contributed by atoms with van der Waals surface area (Å²) in [6.07, 6.45) is -0.130. The molecule has 7 heteroatoms. The Kier molecular flexibility index (Phi) is 6.01. The number of aryl methyl sites for hydroxylation is 2. The van der Waals surface area contributed by atoms with Crippen LogP contribution in [0, 0.1) is 13.8 Å². The van der Waals surface area contributed by atoms with Crippen LogP contribution in [0.5, 0.6) is 0 Å². The molecular formula is C16H20ClN3O3. The molecule has 2 amide bonds. The monoisotopic (exact) mass is 337 g/mol. The molecule has 0 radical (unpaired) electrons. The molecule has 0 saturated carbocycles. The van der Waals surface area contributed by atoms with Crippen molar-refractivity contribution in [3.63, 3.8) is 0 Å². The van der Waals surface area contributed by atoms with Crippen molar-refractivity contribution in [1.82, 2.24) is 15.8 Å². The fraction of sp³-hybridized carbons (Fsp3) is 0.375. The normalized spacial score (nSPS) is 12.0. The van der Waals surface area contributed by atoms with Crippen molar-refractivity contribution >= 4 is 17.6 Å². The highest BCUT2D eigenvalue weighted by atomic mass is 35.5. The Bertz CT molecular complexity index is 636. The van der Waals surface area contributed by atoms with Crippen molar-refractivity contribution in [3.8, 4) is 0 Å². The maximum absolute atomic E-state index is 11.7. The van der Waals surface area contributed by atoms with Gasteiger partial charge in [0.1, 0.15) is 5.76 Å². The van der Waals surface area contributed by atoms with Crippen molar-refractivity contribution in [2.24, 2.45) is 0 Å². The number of carbonyl (C=O) groups excluding carboxylic acids is 1. The van der Waals surface area contributed by atoms with Crippen LogP contribution in [0.15, 0.2) is 28.8 Å². The largest absolute Gasteiger partial charge is 0.387 e. The summed E-state index contributed by atoms with van der Waals surface area (Å²) in [7, 11) is 0. The average molecular weight is 338 g/mol. The molecule has 0 fully saturated rings. The van der Waals surface area contributed by atoms with Crippen LogP contribution >= 0.6 is 11.6 Å². The van der Waals surface area contributed by atoms with E-state index in [0.717, 1.165) is 17.0 Å². The minimum Gasteiger partial charge on any atom is -0.387 e. The molecule has 0 aliphatic heterocycles. The number of carbonyl (C=O) groups is 1. The second-order valence-electron chi connectivity index (χ2n) is 5.26. The Labute approximate surface area is 139 Å². The maximum Gasteiger partial charge on any atom is 0.314 e. The van der Waals surface area contributed by atoms with Crippen LogP contribution < -0.4 is 10.6 Å². The van der Waals surface area contributed by atoms with Gasteiger partial charge in [-0.15, -0.1) is 0 Å². The van der Waals surface area contributed by atoms with Crippen LogP contribution in [0.3, 0.4) is 0 Å². The van der Waals surface area contributed by atoms with Gasteiger partial charge in [-0.2, -0.15) is 0 Å². The summed E-state index contributed by atoms with van der Waals surface area (Å²) in [6, 6.07) is 6.52. The van der Waals surface area contributed by atoms with E-state index < -0.39 is 6.10 Å². The van der Waals surface area contributed by atoms with E-state index in [4.69, 9.17) is 16.1 Å². The highest BCUT2D eigenvalue weighted by molar-refractivity contribution is 6.30. The van der Waals surface area contributed by atoms with Crippen LogP contribution in [-0.2, 0) is 6.42 Å². The summed E-state index contributed by atoms with van der Waals surface area (Å²) >= 11 is 5.79. The molecule has 1 heterocycles. The molecule has 1 unspecified atom stereocenters. The lowest BCUT2D eigenvalue weighted by Gasteiger charge is -2.13. The van der Waals surface area contributed by atoms with E-state index in [0.29, 0.717) is 23.6 Å². The number of nitrogens with one attached hydrogen (secondary N) is 2. The number of aliphatic hydroxyl groups excluding tert-OH is 1. The van der Waals surface area contributed by atoms with Crippen LogP contribution in [0.4, 0.5) is 4.79 Å². The molecule has 23 heavy (non-hydrogen) atoms. The van der Waals surface area contributed by atoms with E-state index in [9.17, 15) is 9.90 Å². The zero-order valence-corrected chi connectivity index (χ0v) is 13.9. The molecule has 3 N–H and O–H groups in total. The fourth-order valence-electron chi connectivity index (χ4n) is 2.21. The molecule has 0 aliphatic carbocycles. The van der Waals surface area contributed by atoms with Gasteiger partial charge in [0.05, 0.1) is 11.8 Å². The molecule has 6 nitrogen and oxygen atoms in total. The molecular weight excluding hydrogens is 318 g/mol. The van der Waals surface area contributed by atoms with E-state index in [2.05, 4.69) is 15.8 Å². The number of halogens is 1. The van der Waals surface area contributed by atoms with Gasteiger partial charge in [0.15, 0.2) is 0 Å². The molecule has 1 aromatic heterocycles. The predicted octanol–water partition coefficient (Wildman–Crippen LogP) is 2.52. The molecule has 0 aliphatic rings. The summed E-state index contributed by atoms with van der Waals surface area (Å²) < 4.78 is 5.07. The summed E-state index contributed by atoms with van der Waals surface area (Å²) in [6.45, 7) is 4.30. The van der Waals surface area contributed by atoms with E-state index in [1.54, 1.807) is 24.3 Å². The van der Waals surface area contributed by atoms with Crippen molar-refractivity contribution in [1.29, 1.82) is 0 Å². The number of nitrogens with zero attached hydrogens (tertiary/aromatic N) is 1. The maximum atomic E-state index is 11.7. The molecule has 1 atom stereocenters. The molecule has 0 bridgehead atoms. The third-order valence-electron chi connectivity index (χ3n) is 3.55. The smallest absolute Gasteiger partial charge is 0.314 e. The number of hydrogen-bond donors (Lipinski definition) is 3. The van der Waals surface area contributed by atoms with Gasteiger partial charge in [-0.3, -0.25) is 0 Å². The van der Waals surface area contributed by atoms with Crippen molar-refractivity contribution in [3.05, 3.63) is 51.9 Å². The third kappa shape index (κ3) is 4.97. The van der Waals surface area contributed by atoms with Gasteiger partial charge in [0.2, 0.25) is 0 Å². The summed E-state index contributed by atoms with van der Waals surface area (Å²) in [5.74, 6) is 0.767. The zero-order chi connectivity index (χ0) is 16.8. The molecule has 2 aromatic rings. The quantitative estimate of drug-likeness (QED) is 0.755. The average Bonchev–Trinajstić information content (AvgIpc) is 2.85. The Balaban J connectivity index is 1.71. The Morgan fingerprint density at radius 2 is 2.00 bits per heavy atom. The SMILES string of the molecule is Cc1noc(C)c1CCNC(=O)NCC(O)c1ccc(Cl)cc1. The molecule has 2 rings (SSSR count). The number of benzene rings is 1. The summed E-state index contributed by atoms with van der Waals surface area (Å²) in [5, 5.41) is 19.8. The molecule has 1 aromatic carbocycles. The van der Waals surface area contributed by atoms with Gasteiger partial charge < -0.3 is 20.3 Å². The summed E-state index contributed by atoms with van der Waals surface area (Å²) in [4.78, 5) is 11.7. The second kappa shape index (κ2) is 7.99. The minimum absolute atomic E-state index is 0.124. The van der Waals surface area contributed by atoms with E-state index in [1.165, 1.54) is 0 Å². The van der Waals surface area contributed by atoms with Gasteiger partial charge in [0, 0.05) is 23.7 Å². The molecule has 0 saturated heterocycles. The van der Waals surface area contributed by atoms with Gasteiger partial charge in [0.25, 0.3) is 0 Å². The highest BCUT2D eigenvalue weighted by Gasteiger charge is 2.11. The minimum atomic E-state index is -0.777. The number of urea groups is 1. The number of rotatable bonds is 6. The predicted molar refractivity (Wildman–Crippen MR) is 87.5 cm³/mol. The van der Waals surface area contributed by atoms with Crippen molar-refractivity contribution in [2.45, 2.75) is 26.4 Å². The second-order valence-corrected chi connectivity index (χ2v) is 5.69. The van der Waals surface area contributed by atoms with Crippen LogP contribution in [0.25, 0.3) is 0 Å². The first kappa shape index (κ1) is 17.3. The highest BCUT2D eigenvalue weighted by Crippen LogP contribution is 2.15. The van der Waals surface area contributed by atoms with Gasteiger partial charge in [-0.25, -0.2) is 4.79 Å². The van der Waals surface area contributed by atoms with Crippen LogP contribution in [0.1, 0.15) is 28.7 Å².